The van der Waals surface area contributed by atoms with Gasteiger partial charge in [0, 0.05) is 6.07 Å². The highest BCUT2D eigenvalue weighted by molar-refractivity contribution is 7.86. The molecular weight excluding hydrogens is 248 g/mol. The van der Waals surface area contributed by atoms with Gasteiger partial charge in [0.15, 0.2) is 11.6 Å². The van der Waals surface area contributed by atoms with Crippen molar-refractivity contribution in [1.82, 2.24) is 0 Å². The smallest absolute Gasteiger partial charge is 0.339 e. The van der Waals surface area contributed by atoms with E-state index in [1.807, 2.05) is 0 Å². The minimum Gasteiger partial charge on any atom is -0.377 e. The van der Waals surface area contributed by atoms with Crippen LogP contribution in [0.1, 0.15) is 0 Å². The van der Waals surface area contributed by atoms with E-state index >= 15 is 0 Å². The van der Waals surface area contributed by atoms with E-state index in [2.05, 4.69) is 4.18 Å². The Bertz CT molecular complexity index is 516. The molecule has 1 rings (SSSR count). The van der Waals surface area contributed by atoms with Crippen molar-refractivity contribution in [1.29, 1.82) is 0 Å². The van der Waals surface area contributed by atoms with Gasteiger partial charge in [-0.05, 0) is 6.07 Å². The molecule has 0 aliphatic heterocycles. The number of hydrogen-bond acceptors (Lipinski definition) is 5. The molecule has 0 radical (unpaired) electrons. The van der Waals surface area contributed by atoms with Crippen LogP contribution in [-0.2, 0) is 10.1 Å². The van der Waals surface area contributed by atoms with Gasteiger partial charge in [0.1, 0.15) is 0 Å². The molecule has 1 aromatic carbocycles. The number of halogens is 2. The van der Waals surface area contributed by atoms with Gasteiger partial charge in [-0.15, -0.1) is 0 Å². The molecule has 0 N–H and O–H groups in total. The average Bonchev–Trinajstić information content (AvgIpc) is 2.20. The molecule has 0 spiro atoms. The maximum absolute atomic E-state index is 13.1. The zero-order valence-corrected chi connectivity index (χ0v) is 8.41. The molecule has 6 nitrogen and oxygen atoms in total. The highest BCUT2D eigenvalue weighted by Gasteiger charge is 2.17. The van der Waals surface area contributed by atoms with E-state index in [4.69, 9.17) is 0 Å². The Morgan fingerprint density at radius 1 is 1.44 bits per heavy atom. The Kier molecular flexibility index (Phi) is 3.38. The summed E-state index contributed by atoms with van der Waals surface area (Å²) in [5.41, 5.74) is -0.567. The fourth-order valence-electron chi connectivity index (χ4n) is 0.830. The molecule has 0 fully saturated rings. The van der Waals surface area contributed by atoms with Crippen LogP contribution >= 0.6 is 0 Å². The molecule has 0 aliphatic carbocycles. The lowest BCUT2D eigenvalue weighted by Crippen LogP contribution is -2.11. The summed E-state index contributed by atoms with van der Waals surface area (Å²) < 4.78 is 50.2. The number of nitrogens with zero attached hydrogens (tertiary/aromatic N) is 1. The van der Waals surface area contributed by atoms with Crippen molar-refractivity contribution in [3.8, 4) is 5.75 Å². The third kappa shape index (κ3) is 2.86. The van der Waals surface area contributed by atoms with E-state index in [1.54, 1.807) is 0 Å². The molecule has 88 valence electrons. The number of nitro benzene ring substituents is 1. The van der Waals surface area contributed by atoms with Gasteiger partial charge < -0.3 is 4.18 Å². The summed E-state index contributed by atoms with van der Waals surface area (Å²) in [5, 5.41) is 10.2. The van der Waals surface area contributed by atoms with Crippen molar-refractivity contribution in [3.05, 3.63) is 34.1 Å². The summed E-state index contributed by atoms with van der Waals surface area (Å²) in [7, 11) is -4.50. The molecule has 1 aromatic rings. The van der Waals surface area contributed by atoms with Crippen molar-refractivity contribution < 1.29 is 26.3 Å². The van der Waals surface area contributed by atoms with E-state index in [0.717, 1.165) is 12.1 Å². The fraction of sp³-hybridized carbons (Fsp3) is 0.143. The zero-order valence-electron chi connectivity index (χ0n) is 7.59. The second-order valence-electron chi connectivity index (χ2n) is 2.62. The van der Waals surface area contributed by atoms with E-state index < -0.39 is 38.3 Å². The predicted molar refractivity (Wildman–Crippen MR) is 48.6 cm³/mol. The molecular formula is C7H5F2NO5S. The Balaban J connectivity index is 3.05. The van der Waals surface area contributed by atoms with Crippen LogP contribution in [0.15, 0.2) is 18.2 Å². The van der Waals surface area contributed by atoms with Crippen LogP contribution in [0.2, 0.25) is 0 Å². The number of rotatable bonds is 4. The average molecular weight is 253 g/mol. The minimum atomic E-state index is -4.50. The Hall–Kier alpha value is -1.77. The summed E-state index contributed by atoms with van der Waals surface area (Å²) in [6, 6.07) is 0.235. The lowest BCUT2D eigenvalue weighted by atomic mass is 10.3. The van der Waals surface area contributed by atoms with Gasteiger partial charge in [0.2, 0.25) is 6.01 Å². The Morgan fingerprint density at radius 2 is 2.06 bits per heavy atom. The number of hydrogen-bond donors (Lipinski definition) is 0. The first kappa shape index (κ1) is 12.3. The molecule has 0 bridgehead atoms. The van der Waals surface area contributed by atoms with Crippen molar-refractivity contribution >= 4 is 15.8 Å². The molecule has 9 heteroatoms. The van der Waals surface area contributed by atoms with Crippen LogP contribution in [0, 0.1) is 15.9 Å². The second-order valence-corrected chi connectivity index (χ2v) is 4.12. The first-order valence-corrected chi connectivity index (χ1v) is 5.35. The molecule has 0 aromatic heterocycles. The van der Waals surface area contributed by atoms with Gasteiger partial charge in [0.25, 0.3) is 5.69 Å². The van der Waals surface area contributed by atoms with Crippen molar-refractivity contribution in [3.63, 3.8) is 0 Å². The minimum absolute atomic E-state index is 0.475. The number of alkyl halides is 1. The van der Waals surface area contributed by atoms with Gasteiger partial charge >= 0.3 is 10.1 Å². The summed E-state index contributed by atoms with van der Waals surface area (Å²) in [5.74, 6) is -2.05. The van der Waals surface area contributed by atoms with E-state index in [0.29, 0.717) is 6.07 Å². The summed E-state index contributed by atoms with van der Waals surface area (Å²) in [6.07, 6.45) is 0. The molecule has 0 atom stereocenters. The largest absolute Gasteiger partial charge is 0.377 e. The summed E-state index contributed by atoms with van der Waals surface area (Å²) in [6.45, 7) is 0. The zero-order chi connectivity index (χ0) is 12.3. The van der Waals surface area contributed by atoms with Crippen LogP contribution in [0.5, 0.6) is 5.75 Å². The van der Waals surface area contributed by atoms with E-state index in [-0.39, 0.29) is 0 Å². The number of benzene rings is 1. The van der Waals surface area contributed by atoms with Gasteiger partial charge in [0.05, 0.1) is 11.0 Å². The van der Waals surface area contributed by atoms with Crippen LogP contribution in [0.3, 0.4) is 0 Å². The predicted octanol–water partition coefficient (Wildman–Crippen LogP) is 1.37. The molecule has 16 heavy (non-hydrogen) atoms. The third-order valence-corrected chi connectivity index (χ3v) is 2.18. The fourth-order valence-corrected chi connectivity index (χ4v) is 1.28. The first-order valence-electron chi connectivity index (χ1n) is 3.78. The van der Waals surface area contributed by atoms with Crippen LogP contribution in [-0.4, -0.2) is 19.3 Å². The molecule has 0 saturated heterocycles. The maximum atomic E-state index is 13.1. The lowest BCUT2D eigenvalue weighted by molar-refractivity contribution is -0.385. The van der Waals surface area contributed by atoms with E-state index in [1.165, 1.54) is 0 Å². The Labute approximate surface area is 88.7 Å². The van der Waals surface area contributed by atoms with Crippen LogP contribution < -0.4 is 4.18 Å². The molecule has 0 amide bonds. The SMILES string of the molecule is O=[N+]([O-])c1ccc(OS(=O)(=O)CF)c(F)c1. The van der Waals surface area contributed by atoms with Crippen LogP contribution in [0.25, 0.3) is 0 Å². The van der Waals surface area contributed by atoms with Gasteiger partial charge in [-0.1, -0.05) is 0 Å². The van der Waals surface area contributed by atoms with Crippen LogP contribution in [0.4, 0.5) is 14.5 Å². The first-order chi connectivity index (χ1) is 7.35. The Morgan fingerprint density at radius 3 is 2.50 bits per heavy atom. The number of nitro groups is 1. The molecule has 0 unspecified atom stereocenters. The molecule has 0 aliphatic rings. The highest BCUT2D eigenvalue weighted by atomic mass is 32.2. The molecule has 0 heterocycles. The summed E-state index contributed by atoms with van der Waals surface area (Å²) in [4.78, 5) is 9.36. The lowest BCUT2D eigenvalue weighted by Gasteiger charge is -2.04. The van der Waals surface area contributed by atoms with Gasteiger partial charge in [-0.25, -0.2) is 8.78 Å². The van der Waals surface area contributed by atoms with Gasteiger partial charge in [-0.3, -0.25) is 10.1 Å². The van der Waals surface area contributed by atoms with Gasteiger partial charge in [-0.2, -0.15) is 8.42 Å². The topological polar surface area (TPSA) is 86.5 Å². The quantitative estimate of drug-likeness (QED) is 0.459. The van der Waals surface area contributed by atoms with Crippen molar-refractivity contribution in [2.45, 2.75) is 0 Å². The van der Waals surface area contributed by atoms with Crippen molar-refractivity contribution in [2.75, 3.05) is 6.01 Å². The maximum Gasteiger partial charge on any atom is 0.339 e. The second kappa shape index (κ2) is 4.39. The summed E-state index contributed by atoms with van der Waals surface area (Å²) >= 11 is 0. The highest BCUT2D eigenvalue weighted by Crippen LogP contribution is 2.23. The normalized spacial score (nSPS) is 11.1. The molecule has 0 saturated carbocycles. The standard InChI is InChI=1S/C7H5F2NO5S/c8-4-16(13,14)15-7-2-1-5(10(11)12)3-6(7)9/h1-3H,4H2. The monoisotopic (exact) mass is 253 g/mol. The van der Waals surface area contributed by atoms with E-state index in [9.17, 15) is 27.3 Å². The number of non-ortho nitro benzene ring substituents is 1. The van der Waals surface area contributed by atoms with Crippen molar-refractivity contribution in [2.24, 2.45) is 0 Å². The third-order valence-electron chi connectivity index (χ3n) is 1.48.